The van der Waals surface area contributed by atoms with E-state index in [-0.39, 0.29) is 5.17 Å². The number of aliphatic imine (C=N–C) groups is 1. The van der Waals surface area contributed by atoms with E-state index in [1.165, 1.54) is 17.3 Å². The molecule has 0 saturated heterocycles. The average Bonchev–Trinajstić information content (AvgIpc) is 2.78. The van der Waals surface area contributed by atoms with Crippen LogP contribution in [0.1, 0.15) is 31.0 Å². The number of unbranched alkanes of at least 4 members (excludes halogenated alkanes) is 1. The summed E-state index contributed by atoms with van der Waals surface area (Å²) in [5.41, 5.74) is 5.74. The molecule has 0 bridgehead atoms. The van der Waals surface area contributed by atoms with Gasteiger partial charge in [-0.25, -0.2) is 0 Å². The van der Waals surface area contributed by atoms with Crippen molar-refractivity contribution in [2.75, 3.05) is 0 Å². The maximum atomic E-state index is 6.10. The van der Waals surface area contributed by atoms with Crippen molar-refractivity contribution in [3.63, 3.8) is 0 Å². The minimum absolute atomic E-state index is 0.220. The molecule has 0 aliphatic rings. The quantitative estimate of drug-likeness (QED) is 0.144. The molecule has 3 rings (SSSR count). The first kappa shape index (κ1) is 24.3. The number of para-hydroxylation sites is 1. The van der Waals surface area contributed by atoms with Gasteiger partial charge in [-0.15, -0.1) is 0 Å². The fourth-order valence-electron chi connectivity index (χ4n) is 2.33. The Morgan fingerprint density at radius 1 is 1.03 bits per heavy atom. The second-order valence-electron chi connectivity index (χ2n) is 6.13. The van der Waals surface area contributed by atoms with Gasteiger partial charge in [0.25, 0.3) is 0 Å². The van der Waals surface area contributed by atoms with E-state index in [1.54, 1.807) is 40.9 Å². The second kappa shape index (κ2) is 14.1. The summed E-state index contributed by atoms with van der Waals surface area (Å²) in [5.74, 6) is 0. The molecule has 1 aromatic heterocycles. The van der Waals surface area contributed by atoms with Gasteiger partial charge in [-0.3, -0.25) is 15.4 Å². The number of halogens is 1. The van der Waals surface area contributed by atoms with Crippen LogP contribution in [0.4, 0.5) is 5.69 Å². The topological polar surface area (TPSA) is 49.6 Å². The standard InChI is InChI=1S/C19H15ClN4S.C4H9.Sn/c20-15-10-4-5-11-16(15)22-19(25)24-23-18(14-8-2-1-3-9-14)17-12-6-7-13-21-17;1-3-4-2;/h1-13H,(H2,22,24,25);1,3-4H2,2H3;/q;;+3/p-1/b23-18+;;. The van der Waals surface area contributed by atoms with E-state index < -0.39 is 0 Å². The third-order valence-corrected chi connectivity index (χ3v) is 5.33. The van der Waals surface area contributed by atoms with Gasteiger partial charge in [0.15, 0.2) is 0 Å². The number of rotatable bonds is 6. The first-order valence-electron chi connectivity index (χ1n) is 9.61. The predicted octanol–water partition coefficient (Wildman–Crippen LogP) is 5.68. The third-order valence-electron chi connectivity index (χ3n) is 3.82. The molecule has 2 aromatic carbocycles. The summed E-state index contributed by atoms with van der Waals surface area (Å²) in [6.45, 7) is 2.23. The van der Waals surface area contributed by atoms with Crippen molar-refractivity contribution in [2.45, 2.75) is 24.2 Å². The minimum atomic E-state index is 0.220. The Morgan fingerprint density at radius 3 is 2.33 bits per heavy atom. The molecule has 3 aromatic rings. The van der Waals surface area contributed by atoms with Crippen LogP contribution in [0.3, 0.4) is 0 Å². The van der Waals surface area contributed by atoms with E-state index >= 15 is 0 Å². The molecule has 0 atom stereocenters. The summed E-state index contributed by atoms with van der Waals surface area (Å²) in [7, 11) is 0. The number of benzene rings is 2. The van der Waals surface area contributed by atoms with Crippen LogP contribution in [0.15, 0.2) is 89.1 Å². The van der Waals surface area contributed by atoms with Gasteiger partial charge in [-0.1, -0.05) is 60.1 Å². The van der Waals surface area contributed by atoms with Crippen molar-refractivity contribution in [3.8, 4) is 0 Å². The summed E-state index contributed by atoms with van der Waals surface area (Å²) in [6.07, 6.45) is 4.52. The molecule has 0 aliphatic heterocycles. The Morgan fingerprint density at radius 2 is 1.73 bits per heavy atom. The van der Waals surface area contributed by atoms with Gasteiger partial charge in [0.2, 0.25) is 0 Å². The Labute approximate surface area is 202 Å². The molecule has 4 nitrogen and oxygen atoms in total. The van der Waals surface area contributed by atoms with Crippen molar-refractivity contribution in [2.24, 2.45) is 10.1 Å². The van der Waals surface area contributed by atoms with Gasteiger partial charge in [0.1, 0.15) is 5.71 Å². The van der Waals surface area contributed by atoms with Crippen LogP contribution >= 0.6 is 11.6 Å². The number of amidine groups is 1. The fraction of sp³-hybridized carbons (Fsp3) is 0.174. The number of aromatic nitrogens is 1. The fourth-order valence-corrected chi connectivity index (χ4v) is 3.66. The first-order chi connectivity index (χ1) is 14.7. The summed E-state index contributed by atoms with van der Waals surface area (Å²) >= 11 is 13.0. The zero-order valence-electron chi connectivity index (χ0n) is 16.8. The van der Waals surface area contributed by atoms with E-state index in [1.807, 2.05) is 60.7 Å². The maximum absolute atomic E-state index is 6.10. The molecule has 0 spiro atoms. The molecule has 0 radical (unpaired) electrons. The summed E-state index contributed by atoms with van der Waals surface area (Å²) < 4.78 is 1.43. The van der Waals surface area contributed by atoms with Gasteiger partial charge in [0.05, 0.1) is 16.4 Å². The van der Waals surface area contributed by atoms with E-state index in [9.17, 15) is 0 Å². The predicted molar refractivity (Wildman–Crippen MR) is 131 cm³/mol. The summed E-state index contributed by atoms with van der Waals surface area (Å²) in [4.78, 5) is 8.64. The zero-order valence-corrected chi connectivity index (χ0v) is 21.2. The number of hydrogen-bond acceptors (Lipinski definition) is 4. The molecule has 1 heterocycles. The molecule has 0 amide bonds. The van der Waals surface area contributed by atoms with Crippen LogP contribution in [0.2, 0.25) is 9.46 Å². The summed E-state index contributed by atoms with van der Waals surface area (Å²) in [6, 6.07) is 22.7. The maximum Gasteiger partial charge on any atom is 0.116 e. The van der Waals surface area contributed by atoms with Crippen molar-refractivity contribution in [1.29, 1.82) is 0 Å². The Balaban J connectivity index is 0.000000575. The Bertz CT molecular complexity index is 906. The molecule has 1 N–H and O–H groups in total. The van der Waals surface area contributed by atoms with Crippen LogP contribution in [0.5, 0.6) is 0 Å². The normalized spacial score (nSPS) is 11.5. The van der Waals surface area contributed by atoms with E-state index in [0.29, 0.717) is 16.4 Å². The third kappa shape index (κ3) is 8.42. The molecule has 150 valence electrons. The van der Waals surface area contributed by atoms with Crippen LogP contribution < -0.4 is 5.43 Å². The molecule has 30 heavy (non-hydrogen) atoms. The van der Waals surface area contributed by atoms with Gasteiger partial charge < -0.3 is 12.6 Å². The van der Waals surface area contributed by atoms with E-state index in [4.69, 9.17) is 24.2 Å². The number of nitrogens with zero attached hydrogens (tertiary/aromatic N) is 3. The van der Waals surface area contributed by atoms with Crippen molar-refractivity contribution in [1.82, 2.24) is 10.4 Å². The van der Waals surface area contributed by atoms with Crippen molar-refractivity contribution >= 4 is 63.3 Å². The zero-order chi connectivity index (χ0) is 21.6. The largest absolute Gasteiger partial charge is 0.741 e. The van der Waals surface area contributed by atoms with Crippen LogP contribution in [-0.4, -0.2) is 38.4 Å². The molecule has 0 unspecified atom stereocenters. The Hall–Kier alpha value is -1.96. The van der Waals surface area contributed by atoms with Gasteiger partial charge in [-0.05, 0) is 24.3 Å². The van der Waals surface area contributed by atoms with E-state index in [0.717, 1.165) is 11.3 Å². The second-order valence-corrected chi connectivity index (χ2v) is 8.35. The SMILES string of the molecule is CCC[CH2][Sn+3].[S-]C(=Nc1ccccc1Cl)N/N=C(\c1ccccc1)c1ccccn1. The molecule has 7 heteroatoms. The average molecular weight is 542 g/mol. The van der Waals surface area contributed by atoms with Gasteiger partial charge >= 0.3 is 46.7 Å². The summed E-state index contributed by atoms with van der Waals surface area (Å²) in [5, 5.41) is 5.17. The van der Waals surface area contributed by atoms with Crippen LogP contribution in [-0.2, 0) is 12.6 Å². The van der Waals surface area contributed by atoms with E-state index in [2.05, 4.69) is 27.4 Å². The number of nitrogens with one attached hydrogen (secondary N) is 1. The first-order valence-corrected chi connectivity index (χ1v) is 12.4. The van der Waals surface area contributed by atoms with Crippen LogP contribution in [0, 0.1) is 0 Å². The van der Waals surface area contributed by atoms with Crippen LogP contribution in [0.25, 0.3) is 0 Å². The molecular formula is C23H23ClN4SSn+2. The minimum Gasteiger partial charge on any atom is -0.741 e. The molecule has 0 aliphatic carbocycles. The number of hydrazone groups is 1. The monoisotopic (exact) mass is 542 g/mol. The number of pyridine rings is 1. The molecular weight excluding hydrogens is 519 g/mol. The van der Waals surface area contributed by atoms with Gasteiger partial charge in [-0.2, -0.15) is 5.10 Å². The number of hydrogen-bond donors (Lipinski definition) is 1. The molecule has 0 fully saturated rings. The van der Waals surface area contributed by atoms with Crippen molar-refractivity contribution in [3.05, 3.63) is 95.3 Å². The smallest absolute Gasteiger partial charge is 0.116 e. The van der Waals surface area contributed by atoms with Gasteiger partial charge in [0, 0.05) is 16.9 Å². The van der Waals surface area contributed by atoms with Crippen molar-refractivity contribution < 1.29 is 0 Å². The Kier molecular flexibility index (Phi) is 11.4. The molecule has 0 saturated carbocycles.